The van der Waals surface area contributed by atoms with Crippen LogP contribution in [0.4, 0.5) is 5.69 Å². The minimum absolute atomic E-state index is 0.0290. The van der Waals surface area contributed by atoms with Crippen molar-refractivity contribution < 1.29 is 4.79 Å². The molecule has 0 aromatic heterocycles. The van der Waals surface area contributed by atoms with Crippen LogP contribution in [0.1, 0.15) is 29.5 Å². The first-order valence-electron chi connectivity index (χ1n) is 7.35. The largest absolute Gasteiger partial charge is 0.329 e. The summed E-state index contributed by atoms with van der Waals surface area (Å²) in [4.78, 5) is 14.7. The summed E-state index contributed by atoms with van der Waals surface area (Å²) in [6.07, 6.45) is 2.00. The van der Waals surface area contributed by atoms with Crippen LogP contribution in [0.3, 0.4) is 0 Å². The van der Waals surface area contributed by atoms with Crippen LogP contribution >= 0.6 is 0 Å². The molecule has 0 aliphatic carbocycles. The lowest BCUT2D eigenvalue weighted by molar-refractivity contribution is -0.120. The second-order valence-electron chi connectivity index (χ2n) is 5.75. The lowest BCUT2D eigenvalue weighted by atomic mass is 10.0. The first-order chi connectivity index (χ1) is 9.52. The normalized spacial score (nSPS) is 19.3. The van der Waals surface area contributed by atoms with Crippen molar-refractivity contribution in [2.75, 3.05) is 25.0 Å². The molecule has 1 saturated heterocycles. The lowest BCUT2D eigenvalue weighted by Gasteiger charge is -2.24. The van der Waals surface area contributed by atoms with E-state index < -0.39 is 0 Å². The molecular weight excluding hydrogens is 250 g/mol. The molecule has 1 amide bonds. The van der Waals surface area contributed by atoms with E-state index in [4.69, 9.17) is 5.73 Å². The maximum Gasteiger partial charge on any atom is 0.241 e. The molecule has 0 saturated carbocycles. The third kappa shape index (κ3) is 3.19. The molecule has 4 nitrogen and oxygen atoms in total. The zero-order valence-electron chi connectivity index (χ0n) is 12.7. The number of nitrogens with two attached hydrogens (primary N) is 1. The second-order valence-corrected chi connectivity index (χ2v) is 5.75. The molecule has 110 valence electrons. The van der Waals surface area contributed by atoms with Crippen LogP contribution in [0.5, 0.6) is 0 Å². The summed E-state index contributed by atoms with van der Waals surface area (Å²) in [5, 5.41) is 3.11. The van der Waals surface area contributed by atoms with Gasteiger partial charge in [0.15, 0.2) is 0 Å². The number of aryl methyl sites for hydroxylation is 3. The molecule has 1 aliphatic rings. The van der Waals surface area contributed by atoms with Crippen molar-refractivity contribution in [1.29, 1.82) is 0 Å². The van der Waals surface area contributed by atoms with Gasteiger partial charge in [0.2, 0.25) is 5.91 Å². The fourth-order valence-electron chi connectivity index (χ4n) is 3.14. The van der Waals surface area contributed by atoms with Crippen molar-refractivity contribution in [3.8, 4) is 0 Å². The molecule has 1 unspecified atom stereocenters. The number of likely N-dealkylation sites (tertiary alicyclic amines) is 1. The van der Waals surface area contributed by atoms with Crippen LogP contribution in [0.15, 0.2) is 12.1 Å². The highest BCUT2D eigenvalue weighted by Crippen LogP contribution is 2.24. The lowest BCUT2D eigenvalue weighted by Crippen LogP contribution is -2.42. The zero-order chi connectivity index (χ0) is 14.7. The Labute approximate surface area is 121 Å². The van der Waals surface area contributed by atoms with Crippen LogP contribution in [-0.4, -0.2) is 36.5 Å². The third-order valence-corrected chi connectivity index (χ3v) is 4.01. The summed E-state index contributed by atoms with van der Waals surface area (Å²) in [7, 11) is 0. The SMILES string of the molecule is Cc1cc(C)c(NC(=O)C2CCCN2CCN)c(C)c1. The van der Waals surface area contributed by atoms with E-state index in [1.54, 1.807) is 0 Å². The van der Waals surface area contributed by atoms with Gasteiger partial charge in [-0.15, -0.1) is 0 Å². The highest BCUT2D eigenvalue weighted by molar-refractivity contribution is 5.96. The summed E-state index contributed by atoms with van der Waals surface area (Å²) in [6, 6.07) is 4.18. The van der Waals surface area contributed by atoms with Gasteiger partial charge in [-0.1, -0.05) is 17.7 Å². The number of benzene rings is 1. The summed E-state index contributed by atoms with van der Waals surface area (Å²) >= 11 is 0. The molecular formula is C16H25N3O. The van der Waals surface area contributed by atoms with E-state index in [0.717, 1.165) is 42.7 Å². The Morgan fingerprint density at radius 1 is 1.35 bits per heavy atom. The van der Waals surface area contributed by atoms with Gasteiger partial charge in [-0.05, 0) is 51.3 Å². The third-order valence-electron chi connectivity index (χ3n) is 4.01. The van der Waals surface area contributed by atoms with Gasteiger partial charge in [0, 0.05) is 18.8 Å². The molecule has 3 N–H and O–H groups in total. The van der Waals surface area contributed by atoms with E-state index in [9.17, 15) is 4.79 Å². The summed E-state index contributed by atoms with van der Waals surface area (Å²) in [5.74, 6) is 0.103. The van der Waals surface area contributed by atoms with Gasteiger partial charge < -0.3 is 11.1 Å². The average molecular weight is 275 g/mol. The fourth-order valence-corrected chi connectivity index (χ4v) is 3.14. The Balaban J connectivity index is 2.12. The molecule has 1 heterocycles. The van der Waals surface area contributed by atoms with Gasteiger partial charge in [-0.3, -0.25) is 9.69 Å². The Bertz CT molecular complexity index is 475. The number of amides is 1. The molecule has 4 heteroatoms. The molecule has 1 aliphatic heterocycles. The van der Waals surface area contributed by atoms with Gasteiger partial charge in [0.25, 0.3) is 0 Å². The molecule has 2 rings (SSSR count). The monoisotopic (exact) mass is 275 g/mol. The standard InChI is InChI=1S/C16H25N3O/c1-11-9-12(2)15(13(3)10-11)18-16(20)14-5-4-7-19(14)8-6-17/h9-10,14H,4-8,17H2,1-3H3,(H,18,20). The maximum atomic E-state index is 12.5. The Morgan fingerprint density at radius 3 is 2.60 bits per heavy atom. The maximum absolute atomic E-state index is 12.5. The van der Waals surface area contributed by atoms with Crippen LogP contribution in [0.2, 0.25) is 0 Å². The van der Waals surface area contributed by atoms with Crippen LogP contribution in [0, 0.1) is 20.8 Å². The summed E-state index contributed by atoms with van der Waals surface area (Å²) in [5.41, 5.74) is 10.0. The topological polar surface area (TPSA) is 58.4 Å². The molecule has 20 heavy (non-hydrogen) atoms. The Morgan fingerprint density at radius 2 is 2.00 bits per heavy atom. The molecule has 1 aromatic rings. The first-order valence-corrected chi connectivity index (χ1v) is 7.35. The number of hydrogen-bond donors (Lipinski definition) is 2. The molecule has 0 radical (unpaired) electrons. The number of carbonyl (C=O) groups excluding carboxylic acids is 1. The van der Waals surface area contributed by atoms with Crippen LogP contribution < -0.4 is 11.1 Å². The minimum atomic E-state index is -0.0290. The van der Waals surface area contributed by atoms with Crippen molar-refractivity contribution in [3.05, 3.63) is 28.8 Å². The Hall–Kier alpha value is -1.39. The van der Waals surface area contributed by atoms with Crippen molar-refractivity contribution in [2.45, 2.75) is 39.7 Å². The molecule has 1 aromatic carbocycles. The number of nitrogens with zero attached hydrogens (tertiary/aromatic N) is 1. The number of anilines is 1. The molecule has 1 atom stereocenters. The quantitative estimate of drug-likeness (QED) is 0.883. The van der Waals surface area contributed by atoms with Crippen molar-refractivity contribution in [2.24, 2.45) is 5.73 Å². The second kappa shape index (κ2) is 6.37. The summed E-state index contributed by atoms with van der Waals surface area (Å²) in [6.45, 7) is 8.53. The molecule has 0 spiro atoms. The van der Waals surface area contributed by atoms with E-state index in [1.807, 2.05) is 13.8 Å². The number of rotatable bonds is 4. The van der Waals surface area contributed by atoms with E-state index >= 15 is 0 Å². The number of nitrogens with one attached hydrogen (secondary N) is 1. The average Bonchev–Trinajstić information content (AvgIpc) is 2.82. The van der Waals surface area contributed by atoms with Gasteiger partial charge in [-0.25, -0.2) is 0 Å². The van der Waals surface area contributed by atoms with Crippen molar-refractivity contribution >= 4 is 11.6 Å². The van der Waals surface area contributed by atoms with Gasteiger partial charge in [0.05, 0.1) is 6.04 Å². The van der Waals surface area contributed by atoms with Gasteiger partial charge >= 0.3 is 0 Å². The molecule has 1 fully saturated rings. The van der Waals surface area contributed by atoms with Crippen LogP contribution in [-0.2, 0) is 4.79 Å². The zero-order valence-corrected chi connectivity index (χ0v) is 12.7. The fraction of sp³-hybridized carbons (Fsp3) is 0.562. The minimum Gasteiger partial charge on any atom is -0.329 e. The van der Waals surface area contributed by atoms with Gasteiger partial charge in [0.1, 0.15) is 0 Å². The van der Waals surface area contributed by atoms with E-state index in [2.05, 4.69) is 29.3 Å². The van der Waals surface area contributed by atoms with E-state index in [1.165, 1.54) is 5.56 Å². The predicted octanol–water partition coefficient (Wildman–Crippen LogP) is 1.97. The predicted molar refractivity (Wildman–Crippen MR) is 82.9 cm³/mol. The number of carbonyl (C=O) groups is 1. The van der Waals surface area contributed by atoms with Crippen molar-refractivity contribution in [1.82, 2.24) is 4.90 Å². The number of hydrogen-bond acceptors (Lipinski definition) is 3. The van der Waals surface area contributed by atoms with Gasteiger partial charge in [-0.2, -0.15) is 0 Å². The first kappa shape index (κ1) is 15.0. The van der Waals surface area contributed by atoms with E-state index in [0.29, 0.717) is 6.54 Å². The highest BCUT2D eigenvalue weighted by atomic mass is 16.2. The molecule has 0 bridgehead atoms. The van der Waals surface area contributed by atoms with E-state index in [-0.39, 0.29) is 11.9 Å². The van der Waals surface area contributed by atoms with Crippen LogP contribution in [0.25, 0.3) is 0 Å². The highest BCUT2D eigenvalue weighted by Gasteiger charge is 2.30. The van der Waals surface area contributed by atoms with Crippen molar-refractivity contribution in [3.63, 3.8) is 0 Å². The smallest absolute Gasteiger partial charge is 0.241 e. The Kier molecular flexibility index (Phi) is 4.78. The summed E-state index contributed by atoms with van der Waals surface area (Å²) < 4.78 is 0.